The fourth-order valence-electron chi connectivity index (χ4n) is 1.16. The van der Waals surface area contributed by atoms with Crippen LogP contribution in [-0.2, 0) is 6.42 Å². The van der Waals surface area contributed by atoms with Crippen LogP contribution in [0.1, 0.15) is 17.5 Å². The first-order valence-electron chi connectivity index (χ1n) is 4.94. The van der Waals surface area contributed by atoms with Gasteiger partial charge in [0.05, 0.1) is 0 Å². The maximum absolute atomic E-state index is 9.52. The molecule has 1 aromatic carbocycles. The van der Waals surface area contributed by atoms with Crippen LogP contribution in [0.4, 0.5) is 5.13 Å². The zero-order valence-corrected chi connectivity index (χ0v) is 9.61. The molecule has 1 aromatic heterocycles. The molecule has 0 spiro atoms. The summed E-state index contributed by atoms with van der Waals surface area (Å²) >= 11 is 1.46. The summed E-state index contributed by atoms with van der Waals surface area (Å²) < 4.78 is 0. The average Bonchev–Trinajstić information content (AvgIpc) is 2.76. The van der Waals surface area contributed by atoms with Crippen LogP contribution in [0.3, 0.4) is 0 Å². The van der Waals surface area contributed by atoms with Gasteiger partial charge in [0, 0.05) is 11.8 Å². The standard InChI is InChI=1S/C11H11N3OS/c1-2-10-13-14-11(16-10)12-7-8-5-3-4-6-9(8)15/h3-7,15H,2H2,1H3. The lowest BCUT2D eigenvalue weighted by atomic mass is 10.2. The number of nitrogens with zero attached hydrogens (tertiary/aromatic N) is 3. The number of phenolic OH excluding ortho intramolecular Hbond substituents is 1. The maximum atomic E-state index is 9.52. The highest BCUT2D eigenvalue weighted by molar-refractivity contribution is 7.14. The van der Waals surface area contributed by atoms with Crippen LogP contribution in [0.25, 0.3) is 0 Å². The summed E-state index contributed by atoms with van der Waals surface area (Å²) in [6.07, 6.45) is 2.46. The van der Waals surface area contributed by atoms with Crippen LogP contribution in [0.2, 0.25) is 0 Å². The van der Waals surface area contributed by atoms with Gasteiger partial charge in [-0.05, 0) is 18.6 Å². The maximum Gasteiger partial charge on any atom is 0.231 e. The Labute approximate surface area is 97.3 Å². The van der Waals surface area contributed by atoms with Crippen molar-refractivity contribution in [2.75, 3.05) is 0 Å². The summed E-state index contributed by atoms with van der Waals surface area (Å²) in [5, 5.41) is 19.0. The van der Waals surface area contributed by atoms with Gasteiger partial charge >= 0.3 is 0 Å². The summed E-state index contributed by atoms with van der Waals surface area (Å²) in [7, 11) is 0. The number of aryl methyl sites for hydroxylation is 1. The van der Waals surface area contributed by atoms with E-state index in [1.54, 1.807) is 24.4 Å². The normalized spacial score (nSPS) is 11.1. The van der Waals surface area contributed by atoms with Gasteiger partial charge in [-0.25, -0.2) is 4.99 Å². The fraction of sp³-hybridized carbons (Fsp3) is 0.182. The van der Waals surface area contributed by atoms with Crippen LogP contribution in [0, 0.1) is 0 Å². The molecular weight excluding hydrogens is 222 g/mol. The number of phenols is 1. The van der Waals surface area contributed by atoms with Crippen molar-refractivity contribution >= 4 is 22.7 Å². The minimum absolute atomic E-state index is 0.214. The quantitative estimate of drug-likeness (QED) is 0.829. The molecule has 16 heavy (non-hydrogen) atoms. The summed E-state index contributed by atoms with van der Waals surface area (Å²) in [5.74, 6) is 0.214. The summed E-state index contributed by atoms with van der Waals surface area (Å²) in [6, 6.07) is 7.03. The average molecular weight is 233 g/mol. The monoisotopic (exact) mass is 233 g/mol. The van der Waals surface area contributed by atoms with E-state index in [-0.39, 0.29) is 5.75 Å². The fourth-order valence-corrected chi connectivity index (χ4v) is 1.79. The van der Waals surface area contributed by atoms with Gasteiger partial charge in [0.25, 0.3) is 0 Å². The molecule has 0 aliphatic rings. The number of hydrogen-bond donors (Lipinski definition) is 1. The predicted octanol–water partition coefficient (Wildman–Crippen LogP) is 2.56. The van der Waals surface area contributed by atoms with E-state index in [1.807, 2.05) is 13.0 Å². The van der Waals surface area contributed by atoms with Crippen molar-refractivity contribution in [3.63, 3.8) is 0 Å². The Hall–Kier alpha value is -1.75. The van der Waals surface area contributed by atoms with Gasteiger partial charge < -0.3 is 5.11 Å². The third-order valence-corrected chi connectivity index (χ3v) is 2.99. The van der Waals surface area contributed by atoms with Crippen molar-refractivity contribution in [1.29, 1.82) is 0 Å². The molecule has 0 amide bonds. The molecular formula is C11H11N3OS. The lowest BCUT2D eigenvalue weighted by Gasteiger charge is -1.94. The van der Waals surface area contributed by atoms with Crippen LogP contribution >= 0.6 is 11.3 Å². The van der Waals surface area contributed by atoms with E-state index in [2.05, 4.69) is 15.2 Å². The Kier molecular flexibility index (Phi) is 3.26. The molecule has 0 saturated heterocycles. The van der Waals surface area contributed by atoms with E-state index in [0.717, 1.165) is 11.4 Å². The first kappa shape index (κ1) is 10.8. The molecule has 0 saturated carbocycles. The van der Waals surface area contributed by atoms with Crippen LogP contribution < -0.4 is 0 Å². The van der Waals surface area contributed by atoms with E-state index in [4.69, 9.17) is 0 Å². The van der Waals surface area contributed by atoms with Crippen molar-refractivity contribution in [2.45, 2.75) is 13.3 Å². The molecule has 0 aliphatic carbocycles. The van der Waals surface area contributed by atoms with E-state index in [0.29, 0.717) is 10.7 Å². The molecule has 2 rings (SSSR count). The van der Waals surface area contributed by atoms with Gasteiger partial charge in [0.15, 0.2) is 0 Å². The zero-order valence-electron chi connectivity index (χ0n) is 8.79. The second kappa shape index (κ2) is 4.85. The van der Waals surface area contributed by atoms with E-state index >= 15 is 0 Å². The van der Waals surface area contributed by atoms with Gasteiger partial charge in [-0.1, -0.05) is 30.4 Å². The van der Waals surface area contributed by atoms with Crippen LogP contribution in [0.15, 0.2) is 29.3 Å². The summed E-state index contributed by atoms with van der Waals surface area (Å²) in [4.78, 5) is 4.17. The van der Waals surface area contributed by atoms with E-state index in [9.17, 15) is 5.11 Å². The number of rotatable bonds is 3. The Morgan fingerprint density at radius 1 is 1.38 bits per heavy atom. The molecule has 0 fully saturated rings. The third kappa shape index (κ3) is 2.43. The zero-order chi connectivity index (χ0) is 11.4. The van der Waals surface area contributed by atoms with Gasteiger partial charge in [0.1, 0.15) is 10.8 Å². The molecule has 2 aromatic rings. The highest BCUT2D eigenvalue weighted by Gasteiger charge is 2.00. The molecule has 0 atom stereocenters. The Morgan fingerprint density at radius 2 is 2.19 bits per heavy atom. The van der Waals surface area contributed by atoms with Crippen molar-refractivity contribution in [3.8, 4) is 5.75 Å². The predicted molar refractivity (Wildman–Crippen MR) is 64.6 cm³/mol. The van der Waals surface area contributed by atoms with Gasteiger partial charge in [-0.2, -0.15) is 0 Å². The number of aromatic nitrogens is 2. The molecule has 1 N–H and O–H groups in total. The molecule has 0 unspecified atom stereocenters. The molecule has 0 radical (unpaired) electrons. The Morgan fingerprint density at radius 3 is 2.88 bits per heavy atom. The minimum atomic E-state index is 0.214. The lowest BCUT2D eigenvalue weighted by Crippen LogP contribution is -1.80. The first-order chi connectivity index (χ1) is 7.79. The summed E-state index contributed by atoms with van der Waals surface area (Å²) in [6.45, 7) is 2.02. The van der Waals surface area contributed by atoms with Gasteiger partial charge in [-0.15, -0.1) is 10.2 Å². The van der Waals surface area contributed by atoms with Crippen LogP contribution in [0.5, 0.6) is 5.75 Å². The van der Waals surface area contributed by atoms with Crippen molar-refractivity contribution in [2.24, 2.45) is 4.99 Å². The van der Waals surface area contributed by atoms with Crippen molar-refractivity contribution in [3.05, 3.63) is 34.8 Å². The first-order valence-corrected chi connectivity index (χ1v) is 5.75. The molecule has 4 nitrogen and oxygen atoms in total. The molecule has 82 valence electrons. The number of hydrogen-bond acceptors (Lipinski definition) is 5. The number of aliphatic imine (C=N–C) groups is 1. The Balaban J connectivity index is 2.18. The van der Waals surface area contributed by atoms with Gasteiger partial charge in [-0.3, -0.25) is 0 Å². The van der Waals surface area contributed by atoms with Crippen LogP contribution in [-0.4, -0.2) is 21.5 Å². The largest absolute Gasteiger partial charge is 0.507 e. The highest BCUT2D eigenvalue weighted by atomic mass is 32.1. The molecule has 1 heterocycles. The van der Waals surface area contributed by atoms with E-state index < -0.39 is 0 Å². The third-order valence-electron chi connectivity index (χ3n) is 2.01. The number of benzene rings is 1. The Bertz CT molecular complexity index is 507. The van der Waals surface area contributed by atoms with Crippen molar-refractivity contribution in [1.82, 2.24) is 10.2 Å². The summed E-state index contributed by atoms with van der Waals surface area (Å²) in [5.41, 5.74) is 0.677. The SMILES string of the molecule is CCc1nnc(N=Cc2ccccc2O)s1. The topological polar surface area (TPSA) is 58.4 Å². The molecule has 0 bridgehead atoms. The van der Waals surface area contributed by atoms with Crippen molar-refractivity contribution < 1.29 is 5.11 Å². The van der Waals surface area contributed by atoms with Gasteiger partial charge in [0.2, 0.25) is 5.13 Å². The van der Waals surface area contributed by atoms with E-state index in [1.165, 1.54) is 11.3 Å². The molecule has 0 aliphatic heterocycles. The number of aromatic hydroxyl groups is 1. The smallest absolute Gasteiger partial charge is 0.231 e. The second-order valence-corrected chi connectivity index (χ2v) is 4.19. The second-order valence-electron chi connectivity index (χ2n) is 3.15. The molecule has 5 heteroatoms. The highest BCUT2D eigenvalue weighted by Crippen LogP contribution is 2.20. The minimum Gasteiger partial charge on any atom is -0.507 e. The lowest BCUT2D eigenvalue weighted by molar-refractivity contribution is 0.474. The number of para-hydroxylation sites is 1.